The first-order chi connectivity index (χ1) is 11.3. The summed E-state index contributed by atoms with van der Waals surface area (Å²) < 4.78 is 5.49. The summed E-state index contributed by atoms with van der Waals surface area (Å²) in [6.45, 7) is 6.23. The lowest BCUT2D eigenvalue weighted by atomic mass is 10.1. The molecule has 3 rings (SSSR count). The lowest BCUT2D eigenvalue weighted by Gasteiger charge is -2.34. The Hall–Kier alpha value is -0.510. The summed E-state index contributed by atoms with van der Waals surface area (Å²) in [6.07, 6.45) is 0. The van der Waals surface area contributed by atoms with E-state index in [0.29, 0.717) is 12.5 Å². The summed E-state index contributed by atoms with van der Waals surface area (Å²) >= 11 is 1.99. The lowest BCUT2D eigenvalue weighted by molar-refractivity contribution is 0.0179. The molecule has 0 bridgehead atoms. The summed E-state index contributed by atoms with van der Waals surface area (Å²) in [5.74, 6) is 2.98. The van der Waals surface area contributed by atoms with Crippen LogP contribution in [-0.2, 0) is 4.74 Å². The van der Waals surface area contributed by atoms with Crippen molar-refractivity contribution in [1.29, 1.82) is 0 Å². The molecule has 2 saturated heterocycles. The van der Waals surface area contributed by atoms with E-state index in [2.05, 4.69) is 40.1 Å². The number of benzene rings is 1. The van der Waals surface area contributed by atoms with Gasteiger partial charge in [-0.3, -0.25) is 9.89 Å². The predicted octanol–water partition coefficient (Wildman–Crippen LogP) is 2.04. The molecule has 1 aromatic carbocycles. The van der Waals surface area contributed by atoms with Crippen molar-refractivity contribution in [2.75, 3.05) is 57.4 Å². The third kappa shape index (κ3) is 5.50. The molecule has 2 aliphatic heterocycles. The van der Waals surface area contributed by atoms with E-state index in [4.69, 9.17) is 15.5 Å². The second-order valence-electron chi connectivity index (χ2n) is 5.87. The van der Waals surface area contributed by atoms with Crippen LogP contribution in [-0.4, -0.2) is 73.2 Å². The number of rotatable bonds is 4. The van der Waals surface area contributed by atoms with Gasteiger partial charge < -0.3 is 15.4 Å². The van der Waals surface area contributed by atoms with E-state index < -0.39 is 0 Å². The monoisotopic (exact) mass is 462 g/mol. The van der Waals surface area contributed by atoms with Crippen LogP contribution in [0.15, 0.2) is 35.3 Å². The summed E-state index contributed by atoms with van der Waals surface area (Å²) in [5.41, 5.74) is 7.53. The van der Waals surface area contributed by atoms with E-state index in [1.807, 2.05) is 11.8 Å². The SMILES string of the molecule is I.NC(=NCC(c1ccccc1)N1CCOCC1)N1CCSCC1. The second-order valence-corrected chi connectivity index (χ2v) is 7.10. The predicted molar refractivity (Wildman–Crippen MR) is 112 cm³/mol. The quantitative estimate of drug-likeness (QED) is 0.422. The average molecular weight is 462 g/mol. The van der Waals surface area contributed by atoms with Crippen molar-refractivity contribution in [3.63, 3.8) is 0 Å². The molecule has 2 heterocycles. The highest BCUT2D eigenvalue weighted by atomic mass is 127. The maximum absolute atomic E-state index is 6.23. The molecule has 7 heteroatoms. The Morgan fingerprint density at radius 1 is 1.12 bits per heavy atom. The lowest BCUT2D eigenvalue weighted by Crippen LogP contribution is -2.44. The molecule has 0 aromatic heterocycles. The van der Waals surface area contributed by atoms with Gasteiger partial charge in [0.25, 0.3) is 0 Å². The van der Waals surface area contributed by atoms with Crippen molar-refractivity contribution in [2.45, 2.75) is 6.04 Å². The van der Waals surface area contributed by atoms with Gasteiger partial charge in [0, 0.05) is 37.7 Å². The smallest absolute Gasteiger partial charge is 0.191 e. The topological polar surface area (TPSA) is 54.1 Å². The third-order valence-corrected chi connectivity index (χ3v) is 5.37. The van der Waals surface area contributed by atoms with Crippen molar-refractivity contribution in [3.05, 3.63) is 35.9 Å². The standard InChI is InChI=1S/C17H26N4OS.HI/c18-17(21-8-12-23-13-9-21)19-14-16(15-4-2-1-3-5-15)20-6-10-22-11-7-20;/h1-5,16H,6-14H2,(H2,18,19);1H. The first-order valence-corrected chi connectivity index (χ1v) is 9.49. The number of nitrogens with two attached hydrogens (primary N) is 1. The zero-order valence-corrected chi connectivity index (χ0v) is 17.1. The highest BCUT2D eigenvalue weighted by Gasteiger charge is 2.22. The van der Waals surface area contributed by atoms with Crippen LogP contribution < -0.4 is 5.73 Å². The minimum atomic E-state index is 0. The van der Waals surface area contributed by atoms with Gasteiger partial charge in [-0.05, 0) is 5.56 Å². The summed E-state index contributed by atoms with van der Waals surface area (Å²) in [4.78, 5) is 9.39. The fourth-order valence-electron chi connectivity index (χ4n) is 3.07. The first kappa shape index (κ1) is 19.8. The van der Waals surface area contributed by atoms with Gasteiger partial charge in [-0.15, -0.1) is 24.0 Å². The normalized spacial score (nSPS) is 21.2. The van der Waals surface area contributed by atoms with Crippen LogP contribution in [0.1, 0.15) is 11.6 Å². The number of aliphatic imine (C=N–C) groups is 1. The number of guanidine groups is 1. The number of hydrogen-bond donors (Lipinski definition) is 1. The third-order valence-electron chi connectivity index (χ3n) is 4.43. The summed E-state index contributed by atoms with van der Waals surface area (Å²) in [7, 11) is 0. The zero-order chi connectivity index (χ0) is 15.9. The highest BCUT2D eigenvalue weighted by molar-refractivity contribution is 14.0. The molecule has 1 unspecified atom stereocenters. The van der Waals surface area contributed by atoms with Crippen molar-refractivity contribution >= 4 is 41.7 Å². The van der Waals surface area contributed by atoms with Gasteiger partial charge in [0.05, 0.1) is 25.8 Å². The number of halogens is 1. The van der Waals surface area contributed by atoms with E-state index in [1.165, 1.54) is 5.56 Å². The van der Waals surface area contributed by atoms with Crippen LogP contribution in [0.4, 0.5) is 0 Å². The van der Waals surface area contributed by atoms with Crippen LogP contribution in [0.3, 0.4) is 0 Å². The molecule has 2 aliphatic rings. The fraction of sp³-hybridized carbons (Fsp3) is 0.588. The molecule has 0 radical (unpaired) electrons. The van der Waals surface area contributed by atoms with Gasteiger partial charge >= 0.3 is 0 Å². The zero-order valence-electron chi connectivity index (χ0n) is 14.0. The van der Waals surface area contributed by atoms with E-state index in [0.717, 1.165) is 50.9 Å². The first-order valence-electron chi connectivity index (χ1n) is 8.34. The largest absolute Gasteiger partial charge is 0.379 e. The Balaban J connectivity index is 0.00000208. The van der Waals surface area contributed by atoms with Gasteiger partial charge in [-0.2, -0.15) is 11.8 Å². The molecule has 5 nitrogen and oxygen atoms in total. The van der Waals surface area contributed by atoms with Crippen LogP contribution in [0.2, 0.25) is 0 Å². The maximum Gasteiger partial charge on any atom is 0.191 e. The number of ether oxygens (including phenoxy) is 1. The Bertz CT molecular complexity index is 505. The minimum Gasteiger partial charge on any atom is -0.379 e. The molecule has 1 atom stereocenters. The number of hydrogen-bond acceptors (Lipinski definition) is 4. The summed E-state index contributed by atoms with van der Waals surface area (Å²) in [6, 6.07) is 10.9. The Kier molecular flexibility index (Phi) is 8.65. The number of thioether (sulfide) groups is 1. The Labute approximate surface area is 166 Å². The molecular formula is C17H27IN4OS. The number of nitrogens with zero attached hydrogens (tertiary/aromatic N) is 3. The van der Waals surface area contributed by atoms with E-state index in [-0.39, 0.29) is 30.0 Å². The molecule has 24 heavy (non-hydrogen) atoms. The molecule has 0 spiro atoms. The van der Waals surface area contributed by atoms with Crippen LogP contribution in [0.5, 0.6) is 0 Å². The van der Waals surface area contributed by atoms with E-state index in [1.54, 1.807) is 0 Å². The highest BCUT2D eigenvalue weighted by Crippen LogP contribution is 2.22. The van der Waals surface area contributed by atoms with Crippen molar-refractivity contribution in [3.8, 4) is 0 Å². The minimum absolute atomic E-state index is 0. The van der Waals surface area contributed by atoms with Gasteiger partial charge in [0.2, 0.25) is 0 Å². The van der Waals surface area contributed by atoms with Gasteiger partial charge in [-0.25, -0.2) is 0 Å². The van der Waals surface area contributed by atoms with Gasteiger partial charge in [0.1, 0.15) is 0 Å². The second kappa shape index (κ2) is 10.5. The Morgan fingerprint density at radius 2 is 1.79 bits per heavy atom. The van der Waals surface area contributed by atoms with Crippen LogP contribution >= 0.6 is 35.7 Å². The Morgan fingerprint density at radius 3 is 2.46 bits per heavy atom. The van der Waals surface area contributed by atoms with Gasteiger partial charge in [0.15, 0.2) is 5.96 Å². The van der Waals surface area contributed by atoms with Crippen molar-refractivity contribution in [2.24, 2.45) is 10.7 Å². The van der Waals surface area contributed by atoms with Gasteiger partial charge in [-0.1, -0.05) is 30.3 Å². The van der Waals surface area contributed by atoms with Crippen molar-refractivity contribution < 1.29 is 4.74 Å². The number of morpholine rings is 1. The van der Waals surface area contributed by atoms with Crippen molar-refractivity contribution in [1.82, 2.24) is 9.80 Å². The van der Waals surface area contributed by atoms with Crippen LogP contribution in [0.25, 0.3) is 0 Å². The molecule has 0 aliphatic carbocycles. The molecule has 2 fully saturated rings. The van der Waals surface area contributed by atoms with Crippen LogP contribution in [0, 0.1) is 0 Å². The molecule has 134 valence electrons. The molecule has 1 aromatic rings. The molecule has 0 saturated carbocycles. The average Bonchev–Trinajstić information content (AvgIpc) is 2.64. The summed E-state index contributed by atoms with van der Waals surface area (Å²) in [5, 5.41) is 0. The maximum atomic E-state index is 6.23. The molecule has 0 amide bonds. The van der Waals surface area contributed by atoms with E-state index >= 15 is 0 Å². The molecular weight excluding hydrogens is 435 g/mol. The molecule has 2 N–H and O–H groups in total. The fourth-order valence-corrected chi connectivity index (χ4v) is 3.97. The van der Waals surface area contributed by atoms with E-state index in [9.17, 15) is 0 Å².